The molecule has 1 aliphatic heterocycles. The van der Waals surface area contributed by atoms with Gasteiger partial charge in [0.25, 0.3) is 0 Å². The normalized spacial score (nSPS) is 18.1. The summed E-state index contributed by atoms with van der Waals surface area (Å²) >= 11 is 0. The number of carboxylic acids is 4. The van der Waals surface area contributed by atoms with Crippen LogP contribution < -0.4 is 5.32 Å². The van der Waals surface area contributed by atoms with E-state index in [1.165, 1.54) is 0 Å². The Morgan fingerprint density at radius 1 is 0.667 bits per heavy atom. The number of nitrogens with one attached hydrogen (secondary N) is 1. The largest absolute Gasteiger partial charge is 0.480 e. The molecule has 0 bridgehead atoms. The van der Waals surface area contributed by atoms with Gasteiger partial charge in [0.15, 0.2) is 0 Å². The van der Waals surface area contributed by atoms with Crippen LogP contribution >= 0.6 is 0 Å². The molecule has 5 N–H and O–H groups in total. The van der Waals surface area contributed by atoms with Crippen molar-refractivity contribution >= 4 is 23.9 Å². The second kappa shape index (κ2) is 16.8. The Labute approximate surface area is 228 Å². The number of carbonyl (C=O) groups is 4. The molecule has 0 spiro atoms. The van der Waals surface area contributed by atoms with Crippen molar-refractivity contribution in [2.45, 2.75) is 19.4 Å². The molecule has 1 aliphatic rings. The van der Waals surface area contributed by atoms with Crippen LogP contribution in [0.25, 0.3) is 0 Å². The fourth-order valence-electron chi connectivity index (χ4n) is 4.56. The van der Waals surface area contributed by atoms with Crippen molar-refractivity contribution in [3.63, 3.8) is 0 Å². The van der Waals surface area contributed by atoms with Crippen LogP contribution in [-0.4, -0.2) is 155 Å². The lowest BCUT2D eigenvalue weighted by Crippen LogP contribution is -2.51. The molecule has 1 aromatic carbocycles. The van der Waals surface area contributed by atoms with Crippen LogP contribution in [0.2, 0.25) is 0 Å². The number of nitrogens with zero attached hydrogens (tertiary/aromatic N) is 4. The van der Waals surface area contributed by atoms with Crippen molar-refractivity contribution in [3.8, 4) is 0 Å². The van der Waals surface area contributed by atoms with Crippen molar-refractivity contribution in [2.75, 3.05) is 85.1 Å². The maximum Gasteiger partial charge on any atom is 0.317 e. The van der Waals surface area contributed by atoms with Crippen molar-refractivity contribution < 1.29 is 39.6 Å². The van der Waals surface area contributed by atoms with Gasteiger partial charge in [-0.15, -0.1) is 0 Å². The van der Waals surface area contributed by atoms with E-state index < -0.39 is 23.9 Å². The fourth-order valence-corrected chi connectivity index (χ4v) is 4.56. The second-order valence-corrected chi connectivity index (χ2v) is 9.97. The van der Waals surface area contributed by atoms with Gasteiger partial charge in [0.1, 0.15) is 0 Å². The summed E-state index contributed by atoms with van der Waals surface area (Å²) < 4.78 is 0. The summed E-state index contributed by atoms with van der Waals surface area (Å²) in [6.07, 6.45) is 0.589. The molecule has 1 unspecified atom stereocenters. The lowest BCUT2D eigenvalue weighted by atomic mass is 10.0. The Balaban J connectivity index is 2.22. The van der Waals surface area contributed by atoms with E-state index >= 15 is 0 Å². The number of carboxylic acid groups (broad SMARTS) is 4. The SMILES string of the molecule is Cc1ccc(CC(CN2CCN(CC(=O)O)CCN(CC(=O)O)CCN(CC(=O)O)CC2)NCC(=O)O)cc1. The minimum Gasteiger partial charge on any atom is -0.480 e. The standard InChI is InChI=1S/C26H41N5O8/c1-20-2-4-21(5-3-20)14-22(27-15-23(32)33)16-28-6-8-29(17-24(34)35)10-12-31(19-26(38)39)13-11-30(9-7-28)18-25(36)37/h2-5,22,27H,6-19H2,1H3,(H,32,33)(H,34,35)(H,36,37)(H,38,39). The van der Waals surface area contributed by atoms with Crippen LogP contribution in [0.15, 0.2) is 24.3 Å². The van der Waals surface area contributed by atoms with E-state index in [0.29, 0.717) is 65.3 Å². The maximum atomic E-state index is 11.5. The third-order valence-corrected chi connectivity index (χ3v) is 6.63. The molecule has 13 heteroatoms. The molecule has 0 aromatic heterocycles. The first kappa shape index (κ1) is 32.1. The van der Waals surface area contributed by atoms with E-state index in [4.69, 9.17) is 0 Å². The first-order valence-electron chi connectivity index (χ1n) is 13.1. The number of benzene rings is 1. The van der Waals surface area contributed by atoms with E-state index in [2.05, 4.69) is 10.2 Å². The Bertz CT molecular complexity index is 913. The van der Waals surface area contributed by atoms with Gasteiger partial charge >= 0.3 is 23.9 Å². The first-order chi connectivity index (χ1) is 18.5. The topological polar surface area (TPSA) is 174 Å². The van der Waals surface area contributed by atoms with Gasteiger partial charge in [-0.05, 0) is 18.9 Å². The highest BCUT2D eigenvalue weighted by molar-refractivity contribution is 5.70. The van der Waals surface area contributed by atoms with Gasteiger partial charge in [-0.3, -0.25) is 38.8 Å². The predicted octanol–water partition coefficient (Wildman–Crippen LogP) is -0.944. The zero-order valence-corrected chi connectivity index (χ0v) is 22.5. The van der Waals surface area contributed by atoms with Crippen molar-refractivity contribution in [1.29, 1.82) is 0 Å². The summed E-state index contributed by atoms with van der Waals surface area (Å²) in [5.74, 6) is -3.93. The second-order valence-electron chi connectivity index (χ2n) is 9.97. The van der Waals surface area contributed by atoms with Crippen LogP contribution in [0, 0.1) is 6.92 Å². The number of hydrogen-bond donors (Lipinski definition) is 5. The lowest BCUT2D eigenvalue weighted by Gasteiger charge is -2.34. The Hall–Kier alpha value is -3.10. The predicted molar refractivity (Wildman–Crippen MR) is 143 cm³/mol. The highest BCUT2D eigenvalue weighted by Gasteiger charge is 2.22. The molecule has 0 amide bonds. The number of aliphatic carboxylic acids is 4. The van der Waals surface area contributed by atoms with Crippen molar-refractivity contribution in [1.82, 2.24) is 24.9 Å². The average Bonchev–Trinajstić information content (AvgIpc) is 2.84. The van der Waals surface area contributed by atoms with Gasteiger partial charge in [-0.1, -0.05) is 29.8 Å². The molecule has 1 fully saturated rings. The molecule has 0 aliphatic carbocycles. The molecule has 1 atom stereocenters. The molecular formula is C26H41N5O8. The summed E-state index contributed by atoms with van der Waals surface area (Å²) in [5.41, 5.74) is 2.17. The minimum atomic E-state index is -1.00. The molecule has 218 valence electrons. The highest BCUT2D eigenvalue weighted by Crippen LogP contribution is 2.09. The number of rotatable bonds is 13. The van der Waals surface area contributed by atoms with Crippen molar-refractivity contribution in [3.05, 3.63) is 35.4 Å². The summed E-state index contributed by atoms with van der Waals surface area (Å²) in [7, 11) is 0. The molecule has 39 heavy (non-hydrogen) atoms. The van der Waals surface area contributed by atoms with E-state index in [1.54, 1.807) is 14.7 Å². The summed E-state index contributed by atoms with van der Waals surface area (Å²) in [5, 5.41) is 40.5. The smallest absolute Gasteiger partial charge is 0.317 e. The van der Waals surface area contributed by atoms with E-state index in [0.717, 1.165) is 11.1 Å². The van der Waals surface area contributed by atoms with Crippen LogP contribution in [0.3, 0.4) is 0 Å². The first-order valence-corrected chi connectivity index (χ1v) is 13.1. The molecule has 0 radical (unpaired) electrons. The Kier molecular flexibility index (Phi) is 13.8. The summed E-state index contributed by atoms with van der Waals surface area (Å²) in [6.45, 7) is 4.78. The fraction of sp³-hybridized carbons (Fsp3) is 0.615. The van der Waals surface area contributed by atoms with E-state index in [9.17, 15) is 39.6 Å². The minimum absolute atomic E-state index is 0.191. The van der Waals surface area contributed by atoms with Gasteiger partial charge in [0, 0.05) is 64.9 Å². The lowest BCUT2D eigenvalue weighted by molar-refractivity contribution is -0.140. The number of hydrogen-bond acceptors (Lipinski definition) is 9. The third kappa shape index (κ3) is 14.0. The molecule has 13 nitrogen and oxygen atoms in total. The van der Waals surface area contributed by atoms with Crippen molar-refractivity contribution in [2.24, 2.45) is 0 Å². The zero-order chi connectivity index (χ0) is 28.8. The summed E-state index contributed by atoms with van der Waals surface area (Å²) in [6, 6.07) is 7.81. The average molecular weight is 552 g/mol. The van der Waals surface area contributed by atoms with Gasteiger partial charge in [0.05, 0.1) is 26.2 Å². The van der Waals surface area contributed by atoms with Crippen LogP contribution in [0.5, 0.6) is 0 Å². The number of aryl methyl sites for hydroxylation is 1. The quantitative estimate of drug-likeness (QED) is 0.203. The van der Waals surface area contributed by atoms with Crippen LogP contribution in [-0.2, 0) is 25.6 Å². The van der Waals surface area contributed by atoms with Gasteiger partial charge < -0.3 is 25.7 Å². The maximum absolute atomic E-state index is 11.5. The van der Waals surface area contributed by atoms with Gasteiger partial charge in [-0.2, -0.15) is 0 Å². The zero-order valence-electron chi connectivity index (χ0n) is 22.5. The van der Waals surface area contributed by atoms with Crippen LogP contribution in [0.1, 0.15) is 11.1 Å². The Morgan fingerprint density at radius 2 is 1.05 bits per heavy atom. The molecule has 2 rings (SSSR count). The molecule has 1 saturated heterocycles. The monoisotopic (exact) mass is 551 g/mol. The van der Waals surface area contributed by atoms with E-state index in [1.807, 2.05) is 31.2 Å². The molecule has 0 saturated carbocycles. The summed E-state index contributed by atoms with van der Waals surface area (Å²) in [4.78, 5) is 52.9. The highest BCUT2D eigenvalue weighted by atomic mass is 16.4. The van der Waals surface area contributed by atoms with Crippen LogP contribution in [0.4, 0.5) is 0 Å². The van der Waals surface area contributed by atoms with Gasteiger partial charge in [0.2, 0.25) is 0 Å². The Morgan fingerprint density at radius 3 is 1.41 bits per heavy atom. The molecule has 1 aromatic rings. The van der Waals surface area contributed by atoms with Gasteiger partial charge in [-0.25, -0.2) is 0 Å². The van der Waals surface area contributed by atoms with E-state index in [-0.39, 0.29) is 32.2 Å². The third-order valence-electron chi connectivity index (χ3n) is 6.63. The molecule has 1 heterocycles. The molecular weight excluding hydrogens is 510 g/mol.